The van der Waals surface area contributed by atoms with Crippen LogP contribution in [0.1, 0.15) is 49.0 Å². The van der Waals surface area contributed by atoms with E-state index in [1.807, 2.05) is 36.4 Å². The Morgan fingerprint density at radius 1 is 1.32 bits per heavy atom. The molecule has 0 aromatic carbocycles. The summed E-state index contributed by atoms with van der Waals surface area (Å²) in [7, 11) is 0. The van der Waals surface area contributed by atoms with Gasteiger partial charge in [-0.2, -0.15) is 0 Å². The molecule has 4 heterocycles. The molecule has 0 spiro atoms. The first-order valence-electron chi connectivity index (χ1n) is 9.64. The molecular formula is C21H24N4O2S. The van der Waals surface area contributed by atoms with Crippen LogP contribution in [-0.4, -0.2) is 45.1 Å². The number of hydrogen-bond donors (Lipinski definition) is 1. The Labute approximate surface area is 168 Å². The Kier molecular flexibility index (Phi) is 5.02. The summed E-state index contributed by atoms with van der Waals surface area (Å²) in [5.41, 5.74) is 3.48. The zero-order valence-corrected chi connectivity index (χ0v) is 17.0. The number of rotatable bonds is 5. The fraction of sp³-hybridized carbons (Fsp3) is 0.429. The molecular weight excluding hydrogens is 372 g/mol. The van der Waals surface area contributed by atoms with Gasteiger partial charge in [0.05, 0.1) is 22.3 Å². The summed E-state index contributed by atoms with van der Waals surface area (Å²) < 4.78 is 0. The first-order valence-corrected chi connectivity index (χ1v) is 10.5. The van der Waals surface area contributed by atoms with E-state index in [2.05, 4.69) is 9.97 Å². The molecule has 1 aliphatic rings. The van der Waals surface area contributed by atoms with Gasteiger partial charge in [0.2, 0.25) is 0 Å². The fourth-order valence-electron chi connectivity index (χ4n) is 3.59. The van der Waals surface area contributed by atoms with Crippen LogP contribution < -0.4 is 0 Å². The monoisotopic (exact) mass is 396 g/mol. The van der Waals surface area contributed by atoms with Crippen molar-refractivity contribution < 1.29 is 9.59 Å². The van der Waals surface area contributed by atoms with Crippen molar-refractivity contribution in [3.05, 3.63) is 35.0 Å². The van der Waals surface area contributed by atoms with Crippen LogP contribution in [0.3, 0.4) is 0 Å². The number of nitrogens with zero attached hydrogens (tertiary/aromatic N) is 3. The lowest BCUT2D eigenvalue weighted by molar-refractivity contribution is -0.114. The highest BCUT2D eigenvalue weighted by Crippen LogP contribution is 2.30. The van der Waals surface area contributed by atoms with Gasteiger partial charge in [0.1, 0.15) is 11.8 Å². The van der Waals surface area contributed by atoms with Gasteiger partial charge in [-0.25, -0.2) is 9.97 Å². The lowest BCUT2D eigenvalue weighted by Crippen LogP contribution is -2.35. The lowest BCUT2D eigenvalue weighted by atomic mass is 9.88. The predicted octanol–water partition coefficient (Wildman–Crippen LogP) is 4.08. The molecule has 0 unspecified atom stereocenters. The van der Waals surface area contributed by atoms with Gasteiger partial charge in [0.25, 0.3) is 5.91 Å². The molecule has 3 aromatic heterocycles. The fourth-order valence-corrected chi connectivity index (χ4v) is 4.43. The van der Waals surface area contributed by atoms with Crippen molar-refractivity contribution in [1.82, 2.24) is 19.9 Å². The van der Waals surface area contributed by atoms with E-state index in [0.717, 1.165) is 59.4 Å². The van der Waals surface area contributed by atoms with Crippen molar-refractivity contribution in [2.24, 2.45) is 5.41 Å². The molecule has 4 rings (SSSR count). The van der Waals surface area contributed by atoms with Crippen LogP contribution in [0.25, 0.3) is 21.7 Å². The number of nitrogens with one attached hydrogen (secondary N) is 1. The SMILES string of the molecule is CC(C)(C=O)Cc1c[nH]c2ncc(-c3cc(C(=O)N4CCCCC4)cs3)nc12. The number of carbonyl (C=O) groups is 2. The number of carbonyl (C=O) groups excluding carboxylic acids is 2. The number of aldehydes is 1. The third kappa shape index (κ3) is 3.71. The van der Waals surface area contributed by atoms with Crippen LogP contribution in [0, 0.1) is 5.41 Å². The standard InChI is InChI=1S/C21H24N4O2S/c1-21(2,13-26)9-15-10-22-19-18(15)24-16(11-23-19)17-8-14(12-28-17)20(27)25-6-4-3-5-7-25/h8,10-13H,3-7,9H2,1-2H3,(H,22,23). The van der Waals surface area contributed by atoms with Gasteiger partial charge < -0.3 is 14.7 Å². The highest BCUT2D eigenvalue weighted by Gasteiger charge is 2.22. The Hall–Kier alpha value is -2.54. The summed E-state index contributed by atoms with van der Waals surface area (Å²) in [5.74, 6) is 0.103. The maximum Gasteiger partial charge on any atom is 0.254 e. The molecule has 7 heteroatoms. The summed E-state index contributed by atoms with van der Waals surface area (Å²) in [5, 5.41) is 1.91. The van der Waals surface area contributed by atoms with Crippen LogP contribution in [0.15, 0.2) is 23.8 Å². The van der Waals surface area contributed by atoms with Gasteiger partial charge in [-0.15, -0.1) is 11.3 Å². The minimum absolute atomic E-state index is 0.103. The second-order valence-corrected chi connectivity index (χ2v) is 9.01. The van der Waals surface area contributed by atoms with Gasteiger partial charge in [-0.05, 0) is 37.3 Å². The molecule has 146 valence electrons. The van der Waals surface area contributed by atoms with Gasteiger partial charge in [-0.1, -0.05) is 13.8 Å². The van der Waals surface area contributed by atoms with Crippen molar-refractivity contribution >= 4 is 34.7 Å². The number of piperidine rings is 1. The number of fused-ring (bicyclic) bond motifs is 1. The van der Waals surface area contributed by atoms with Crippen molar-refractivity contribution in [3.63, 3.8) is 0 Å². The van der Waals surface area contributed by atoms with Crippen molar-refractivity contribution in [2.75, 3.05) is 13.1 Å². The molecule has 6 nitrogen and oxygen atoms in total. The molecule has 0 saturated carbocycles. The van der Waals surface area contributed by atoms with E-state index in [1.165, 1.54) is 17.8 Å². The summed E-state index contributed by atoms with van der Waals surface area (Å²) in [6, 6.07) is 1.92. The van der Waals surface area contributed by atoms with Crippen LogP contribution in [-0.2, 0) is 11.2 Å². The molecule has 1 N–H and O–H groups in total. The number of aromatic nitrogens is 3. The highest BCUT2D eigenvalue weighted by atomic mass is 32.1. The van der Waals surface area contributed by atoms with Crippen LogP contribution in [0.2, 0.25) is 0 Å². The zero-order chi connectivity index (χ0) is 19.7. The van der Waals surface area contributed by atoms with Gasteiger partial charge in [-0.3, -0.25) is 4.79 Å². The first-order chi connectivity index (χ1) is 13.5. The zero-order valence-electron chi connectivity index (χ0n) is 16.2. The molecule has 1 amide bonds. The molecule has 1 aliphatic heterocycles. The van der Waals surface area contributed by atoms with Crippen LogP contribution in [0.5, 0.6) is 0 Å². The normalized spacial score (nSPS) is 15.1. The molecule has 0 atom stereocenters. The van der Waals surface area contributed by atoms with E-state index in [4.69, 9.17) is 4.98 Å². The average Bonchev–Trinajstić information content (AvgIpc) is 3.35. The highest BCUT2D eigenvalue weighted by molar-refractivity contribution is 7.13. The molecule has 3 aromatic rings. The van der Waals surface area contributed by atoms with Gasteiger partial charge >= 0.3 is 0 Å². The van der Waals surface area contributed by atoms with Crippen molar-refractivity contribution in [2.45, 2.75) is 39.5 Å². The Morgan fingerprint density at radius 2 is 2.11 bits per heavy atom. The summed E-state index contributed by atoms with van der Waals surface area (Å²) in [6.07, 6.45) is 8.54. The molecule has 1 fully saturated rings. The quantitative estimate of drug-likeness (QED) is 0.659. The molecule has 1 saturated heterocycles. The Bertz CT molecular complexity index is 1010. The molecule has 0 aliphatic carbocycles. The summed E-state index contributed by atoms with van der Waals surface area (Å²) in [4.78, 5) is 39.3. The summed E-state index contributed by atoms with van der Waals surface area (Å²) >= 11 is 1.51. The minimum Gasteiger partial charge on any atom is -0.345 e. The Balaban J connectivity index is 1.61. The maximum absolute atomic E-state index is 12.7. The van der Waals surface area contributed by atoms with E-state index >= 15 is 0 Å². The van der Waals surface area contributed by atoms with E-state index in [0.29, 0.717) is 12.1 Å². The van der Waals surface area contributed by atoms with Crippen molar-refractivity contribution in [1.29, 1.82) is 0 Å². The van der Waals surface area contributed by atoms with Gasteiger partial charge in [0.15, 0.2) is 5.65 Å². The number of amides is 1. The second-order valence-electron chi connectivity index (χ2n) is 8.10. The molecule has 28 heavy (non-hydrogen) atoms. The third-order valence-corrected chi connectivity index (χ3v) is 6.12. The first kappa shape index (κ1) is 18.8. The number of likely N-dealkylation sites (tertiary alicyclic amines) is 1. The van der Waals surface area contributed by atoms with Gasteiger partial charge in [0, 0.05) is 30.1 Å². The van der Waals surface area contributed by atoms with Crippen LogP contribution >= 0.6 is 11.3 Å². The molecule has 0 radical (unpaired) electrons. The minimum atomic E-state index is -0.455. The third-order valence-electron chi connectivity index (χ3n) is 5.17. The number of hydrogen-bond acceptors (Lipinski definition) is 5. The van der Waals surface area contributed by atoms with E-state index < -0.39 is 5.41 Å². The second kappa shape index (κ2) is 7.47. The van der Waals surface area contributed by atoms with E-state index in [9.17, 15) is 9.59 Å². The van der Waals surface area contributed by atoms with E-state index in [-0.39, 0.29) is 5.91 Å². The lowest BCUT2D eigenvalue weighted by Gasteiger charge is -2.26. The maximum atomic E-state index is 12.7. The molecule has 0 bridgehead atoms. The summed E-state index contributed by atoms with van der Waals surface area (Å²) in [6.45, 7) is 5.51. The van der Waals surface area contributed by atoms with Crippen molar-refractivity contribution in [3.8, 4) is 10.6 Å². The van der Waals surface area contributed by atoms with E-state index in [1.54, 1.807) is 6.20 Å². The average molecular weight is 397 g/mol. The smallest absolute Gasteiger partial charge is 0.254 e. The number of thiophene rings is 1. The van der Waals surface area contributed by atoms with Crippen LogP contribution in [0.4, 0.5) is 0 Å². The number of H-pyrrole nitrogens is 1. The predicted molar refractivity (Wildman–Crippen MR) is 111 cm³/mol. The Morgan fingerprint density at radius 3 is 2.86 bits per heavy atom. The largest absolute Gasteiger partial charge is 0.345 e. The number of aromatic amines is 1. The topological polar surface area (TPSA) is 79.0 Å².